The van der Waals surface area contributed by atoms with Crippen molar-refractivity contribution in [3.8, 4) is 0 Å². The molecule has 0 spiro atoms. The molecule has 0 amide bonds. The molecule has 3 nitrogen and oxygen atoms in total. The smallest absolute Gasteiger partial charge is 0.179 e. The fourth-order valence-electron chi connectivity index (χ4n) is 3.53. The van der Waals surface area contributed by atoms with E-state index in [4.69, 9.17) is 0 Å². The second-order valence-corrected chi connectivity index (χ2v) is 6.15. The van der Waals surface area contributed by atoms with Gasteiger partial charge in [-0.15, -0.1) is 0 Å². The summed E-state index contributed by atoms with van der Waals surface area (Å²) in [5.74, 6) is -0.519. The molecule has 1 saturated heterocycles. The molecule has 2 aliphatic rings. The molecule has 1 aliphatic heterocycles. The van der Waals surface area contributed by atoms with Crippen LogP contribution in [0.15, 0.2) is 24.3 Å². The van der Waals surface area contributed by atoms with Gasteiger partial charge in [-0.05, 0) is 25.0 Å². The standard InChI is InChI=1S/C17H23FN2O/c18-16-8-4-3-7-15(16)17(21)13-19-9-11-20(12-10-19)14-5-1-2-6-14/h3-4,7-8,14H,1-2,5-6,9-13H2. The van der Waals surface area contributed by atoms with Gasteiger partial charge in [-0.3, -0.25) is 14.6 Å². The lowest BCUT2D eigenvalue weighted by Crippen LogP contribution is -2.50. The summed E-state index contributed by atoms with van der Waals surface area (Å²) in [6.45, 7) is 4.23. The van der Waals surface area contributed by atoms with Gasteiger partial charge >= 0.3 is 0 Å². The van der Waals surface area contributed by atoms with Gasteiger partial charge in [0.1, 0.15) is 5.82 Å². The lowest BCUT2D eigenvalue weighted by Gasteiger charge is -2.37. The Morgan fingerprint density at radius 3 is 2.43 bits per heavy atom. The van der Waals surface area contributed by atoms with E-state index >= 15 is 0 Å². The lowest BCUT2D eigenvalue weighted by molar-refractivity contribution is 0.0772. The predicted octanol–water partition coefficient (Wildman–Crippen LogP) is 2.57. The van der Waals surface area contributed by atoms with Crippen LogP contribution >= 0.6 is 0 Å². The molecule has 0 N–H and O–H groups in total. The summed E-state index contributed by atoms with van der Waals surface area (Å²) in [4.78, 5) is 16.9. The van der Waals surface area contributed by atoms with Crippen molar-refractivity contribution in [2.24, 2.45) is 0 Å². The minimum atomic E-state index is -0.410. The van der Waals surface area contributed by atoms with Crippen molar-refractivity contribution in [2.75, 3.05) is 32.7 Å². The number of carbonyl (C=O) groups is 1. The largest absolute Gasteiger partial charge is 0.298 e. The van der Waals surface area contributed by atoms with Crippen LogP contribution in [-0.2, 0) is 0 Å². The zero-order valence-electron chi connectivity index (χ0n) is 12.4. The highest BCUT2D eigenvalue weighted by Gasteiger charge is 2.27. The van der Waals surface area contributed by atoms with Crippen molar-refractivity contribution in [1.82, 2.24) is 9.80 Å². The van der Waals surface area contributed by atoms with E-state index in [1.165, 1.54) is 31.7 Å². The quantitative estimate of drug-likeness (QED) is 0.796. The Bertz CT molecular complexity index is 491. The van der Waals surface area contributed by atoms with E-state index in [1.54, 1.807) is 18.2 Å². The van der Waals surface area contributed by atoms with Gasteiger partial charge < -0.3 is 0 Å². The molecule has 1 aliphatic carbocycles. The first-order valence-corrected chi connectivity index (χ1v) is 7.98. The molecule has 3 rings (SSSR count). The number of hydrogen-bond acceptors (Lipinski definition) is 3. The third kappa shape index (κ3) is 3.50. The Morgan fingerprint density at radius 1 is 1.10 bits per heavy atom. The molecule has 1 saturated carbocycles. The molecule has 0 atom stereocenters. The van der Waals surface area contributed by atoms with Gasteiger partial charge in [0.25, 0.3) is 0 Å². The van der Waals surface area contributed by atoms with E-state index in [1.807, 2.05) is 0 Å². The van der Waals surface area contributed by atoms with Crippen molar-refractivity contribution in [2.45, 2.75) is 31.7 Å². The molecule has 1 aromatic carbocycles. The molecule has 0 aromatic heterocycles. The van der Waals surface area contributed by atoms with Crippen molar-refractivity contribution in [1.29, 1.82) is 0 Å². The lowest BCUT2D eigenvalue weighted by atomic mass is 10.1. The number of benzene rings is 1. The number of carbonyl (C=O) groups excluding carboxylic acids is 1. The van der Waals surface area contributed by atoms with E-state index in [2.05, 4.69) is 9.80 Å². The average molecular weight is 290 g/mol. The Balaban J connectivity index is 1.51. The average Bonchev–Trinajstić information content (AvgIpc) is 3.02. The molecule has 1 aromatic rings. The Labute approximate surface area is 125 Å². The number of rotatable bonds is 4. The summed E-state index contributed by atoms with van der Waals surface area (Å²) in [5.41, 5.74) is 0.218. The van der Waals surface area contributed by atoms with Crippen LogP contribution in [0.1, 0.15) is 36.0 Å². The van der Waals surface area contributed by atoms with E-state index < -0.39 is 5.82 Å². The normalized spacial score (nSPS) is 21.8. The summed E-state index contributed by atoms with van der Waals surface area (Å²) in [5, 5.41) is 0. The fourth-order valence-corrected chi connectivity index (χ4v) is 3.53. The van der Waals surface area contributed by atoms with E-state index in [-0.39, 0.29) is 11.3 Å². The maximum Gasteiger partial charge on any atom is 0.179 e. The SMILES string of the molecule is O=C(CN1CCN(C2CCCC2)CC1)c1ccccc1F. The molecular weight excluding hydrogens is 267 g/mol. The van der Waals surface area contributed by atoms with Crippen LogP contribution in [0.3, 0.4) is 0 Å². The Morgan fingerprint density at radius 2 is 1.76 bits per heavy atom. The molecule has 21 heavy (non-hydrogen) atoms. The molecule has 0 bridgehead atoms. The molecule has 2 fully saturated rings. The maximum absolute atomic E-state index is 13.6. The zero-order chi connectivity index (χ0) is 14.7. The number of ketones is 1. The monoisotopic (exact) mass is 290 g/mol. The number of hydrogen-bond donors (Lipinski definition) is 0. The maximum atomic E-state index is 13.6. The van der Waals surface area contributed by atoms with Crippen LogP contribution in [0.2, 0.25) is 0 Å². The van der Waals surface area contributed by atoms with Gasteiger partial charge in [0, 0.05) is 32.2 Å². The first kappa shape index (κ1) is 14.7. The summed E-state index contributed by atoms with van der Waals surface area (Å²) >= 11 is 0. The van der Waals surface area contributed by atoms with Gasteiger partial charge in [0.2, 0.25) is 0 Å². The summed E-state index contributed by atoms with van der Waals surface area (Å²) in [7, 11) is 0. The van der Waals surface area contributed by atoms with E-state index in [0.29, 0.717) is 6.54 Å². The van der Waals surface area contributed by atoms with Crippen LogP contribution in [0.5, 0.6) is 0 Å². The van der Waals surface area contributed by atoms with E-state index in [9.17, 15) is 9.18 Å². The van der Waals surface area contributed by atoms with E-state index in [0.717, 1.165) is 32.2 Å². The van der Waals surface area contributed by atoms with Gasteiger partial charge in [-0.25, -0.2) is 4.39 Å². The van der Waals surface area contributed by atoms with Gasteiger partial charge in [0.05, 0.1) is 12.1 Å². The number of piperazine rings is 1. The summed E-state index contributed by atoms with van der Waals surface area (Å²) in [6, 6.07) is 7.02. The van der Waals surface area contributed by atoms with Crippen molar-refractivity contribution >= 4 is 5.78 Å². The fraction of sp³-hybridized carbons (Fsp3) is 0.588. The molecule has 114 valence electrons. The Kier molecular flexibility index (Phi) is 4.66. The Hall–Kier alpha value is -1.26. The van der Waals surface area contributed by atoms with Gasteiger partial charge in [-0.2, -0.15) is 0 Å². The number of nitrogens with zero attached hydrogens (tertiary/aromatic N) is 2. The molecule has 0 radical (unpaired) electrons. The topological polar surface area (TPSA) is 23.6 Å². The third-order valence-electron chi connectivity index (χ3n) is 4.79. The minimum absolute atomic E-state index is 0.109. The molecule has 0 unspecified atom stereocenters. The highest BCUT2D eigenvalue weighted by atomic mass is 19.1. The van der Waals surface area contributed by atoms with Crippen molar-refractivity contribution in [3.05, 3.63) is 35.6 Å². The highest BCUT2D eigenvalue weighted by Crippen LogP contribution is 2.24. The zero-order valence-corrected chi connectivity index (χ0v) is 12.4. The first-order chi connectivity index (χ1) is 10.2. The van der Waals surface area contributed by atoms with Gasteiger partial charge in [-0.1, -0.05) is 25.0 Å². The summed E-state index contributed by atoms with van der Waals surface area (Å²) in [6.07, 6.45) is 5.37. The minimum Gasteiger partial charge on any atom is -0.298 e. The summed E-state index contributed by atoms with van der Waals surface area (Å²) < 4.78 is 13.6. The predicted molar refractivity (Wildman–Crippen MR) is 81.0 cm³/mol. The second-order valence-electron chi connectivity index (χ2n) is 6.15. The second kappa shape index (κ2) is 6.67. The molecule has 1 heterocycles. The molecular formula is C17H23FN2O. The molecule has 4 heteroatoms. The first-order valence-electron chi connectivity index (χ1n) is 7.98. The van der Waals surface area contributed by atoms with Crippen LogP contribution in [0.4, 0.5) is 4.39 Å². The van der Waals surface area contributed by atoms with Crippen molar-refractivity contribution < 1.29 is 9.18 Å². The van der Waals surface area contributed by atoms with Gasteiger partial charge in [0.15, 0.2) is 5.78 Å². The van der Waals surface area contributed by atoms with Crippen LogP contribution in [0, 0.1) is 5.82 Å². The van der Waals surface area contributed by atoms with Crippen LogP contribution < -0.4 is 0 Å². The number of halogens is 1. The van der Waals surface area contributed by atoms with Crippen molar-refractivity contribution in [3.63, 3.8) is 0 Å². The third-order valence-corrected chi connectivity index (χ3v) is 4.79. The van der Waals surface area contributed by atoms with Crippen LogP contribution in [-0.4, -0.2) is 54.3 Å². The number of Topliss-reactive ketones (excluding diaryl/α,β-unsaturated/α-hetero) is 1. The highest BCUT2D eigenvalue weighted by molar-refractivity contribution is 5.97. The van der Waals surface area contributed by atoms with Crippen LogP contribution in [0.25, 0.3) is 0 Å².